The molecule has 3 N–H and O–H groups in total. The highest BCUT2D eigenvalue weighted by Gasteiger charge is 2.20. The molecule has 0 amide bonds. The maximum absolute atomic E-state index is 5.36. The molecule has 3 heteroatoms. The van der Waals surface area contributed by atoms with Gasteiger partial charge in [-0.3, -0.25) is 11.3 Å². The van der Waals surface area contributed by atoms with Crippen molar-refractivity contribution in [2.75, 3.05) is 20.1 Å². The van der Waals surface area contributed by atoms with E-state index in [-0.39, 0.29) is 0 Å². The second-order valence-electron chi connectivity index (χ2n) is 6.48. The van der Waals surface area contributed by atoms with Gasteiger partial charge in [-0.25, -0.2) is 0 Å². The van der Waals surface area contributed by atoms with Crippen LogP contribution in [0.15, 0.2) is 35.9 Å². The van der Waals surface area contributed by atoms with Gasteiger partial charge in [-0.05, 0) is 62.7 Å². The average molecular weight is 301 g/mol. The van der Waals surface area contributed by atoms with Crippen LogP contribution in [0.25, 0.3) is 0 Å². The molecule has 0 saturated heterocycles. The van der Waals surface area contributed by atoms with Crippen LogP contribution in [0.5, 0.6) is 0 Å². The number of rotatable bonds is 7. The van der Waals surface area contributed by atoms with Crippen LogP contribution >= 0.6 is 0 Å². The zero-order valence-electron chi connectivity index (χ0n) is 14.1. The molecule has 1 saturated carbocycles. The van der Waals surface area contributed by atoms with E-state index in [0.29, 0.717) is 5.92 Å². The van der Waals surface area contributed by atoms with Gasteiger partial charge in [-0.1, -0.05) is 42.8 Å². The number of benzene rings is 1. The molecule has 1 aliphatic carbocycles. The van der Waals surface area contributed by atoms with E-state index in [1.807, 2.05) is 0 Å². The van der Waals surface area contributed by atoms with Crippen LogP contribution in [0.3, 0.4) is 0 Å². The predicted octanol–water partition coefficient (Wildman–Crippen LogP) is 3.58. The summed E-state index contributed by atoms with van der Waals surface area (Å²) < 4.78 is 0. The molecule has 1 fully saturated rings. The minimum atomic E-state index is 0.717. The van der Waals surface area contributed by atoms with Crippen molar-refractivity contribution < 1.29 is 0 Å². The van der Waals surface area contributed by atoms with Gasteiger partial charge in [0.2, 0.25) is 0 Å². The number of allylic oxidation sites excluding steroid dienone is 1. The van der Waals surface area contributed by atoms with E-state index in [1.165, 1.54) is 37.7 Å². The average Bonchev–Trinajstić information content (AvgIpc) is 2.54. The summed E-state index contributed by atoms with van der Waals surface area (Å²) in [5.74, 6) is 6.07. The van der Waals surface area contributed by atoms with Gasteiger partial charge in [-0.2, -0.15) is 0 Å². The number of hydrazine groups is 1. The molecule has 0 unspecified atom stereocenters. The van der Waals surface area contributed by atoms with Gasteiger partial charge < -0.3 is 4.90 Å². The highest BCUT2D eigenvalue weighted by Crippen LogP contribution is 2.37. The van der Waals surface area contributed by atoms with Crippen LogP contribution in [0.4, 0.5) is 0 Å². The lowest BCUT2D eigenvalue weighted by Gasteiger charge is -2.27. The lowest BCUT2D eigenvalue weighted by molar-refractivity contribution is 0.325. The lowest BCUT2D eigenvalue weighted by Crippen LogP contribution is -2.22. The first-order valence-corrected chi connectivity index (χ1v) is 8.62. The molecule has 0 aliphatic heterocycles. The standard InChI is InChI=1S/C19H31N3/c1-3-14-22(2)15-18-6-4-5-7-19(18)17-10-8-16(9-11-17)12-13-21-20/h4-7,12,17,21H,3,8-11,13-15,20H2,1-2H3. The van der Waals surface area contributed by atoms with Crippen molar-refractivity contribution in [1.82, 2.24) is 10.3 Å². The maximum Gasteiger partial charge on any atom is 0.0281 e. The predicted molar refractivity (Wildman–Crippen MR) is 94.5 cm³/mol. The van der Waals surface area contributed by atoms with Gasteiger partial charge in [0.25, 0.3) is 0 Å². The quantitative estimate of drug-likeness (QED) is 0.459. The molecule has 22 heavy (non-hydrogen) atoms. The minimum Gasteiger partial charge on any atom is -0.302 e. The number of nitrogens with two attached hydrogens (primary N) is 1. The fourth-order valence-electron chi connectivity index (χ4n) is 3.54. The monoisotopic (exact) mass is 301 g/mol. The second kappa shape index (κ2) is 9.09. The number of nitrogens with zero attached hydrogens (tertiary/aromatic N) is 1. The van der Waals surface area contributed by atoms with E-state index in [2.05, 4.69) is 54.6 Å². The molecule has 0 bridgehead atoms. The molecule has 0 radical (unpaired) electrons. The largest absolute Gasteiger partial charge is 0.302 e. The summed E-state index contributed by atoms with van der Waals surface area (Å²) in [7, 11) is 2.22. The van der Waals surface area contributed by atoms with Crippen molar-refractivity contribution in [3.8, 4) is 0 Å². The summed E-state index contributed by atoms with van der Waals surface area (Å²) in [5, 5.41) is 0. The minimum absolute atomic E-state index is 0.717. The molecular weight excluding hydrogens is 270 g/mol. The summed E-state index contributed by atoms with van der Waals surface area (Å²) in [5.41, 5.74) is 7.37. The number of hydrogen-bond donors (Lipinski definition) is 2. The van der Waals surface area contributed by atoms with E-state index in [0.717, 1.165) is 19.6 Å². The SMILES string of the molecule is CCCN(C)Cc1ccccc1C1CCC(=CCNN)CC1. The molecule has 3 nitrogen and oxygen atoms in total. The van der Waals surface area contributed by atoms with Crippen molar-refractivity contribution in [1.29, 1.82) is 0 Å². The number of nitrogens with one attached hydrogen (secondary N) is 1. The molecule has 1 aromatic rings. The molecule has 1 aromatic carbocycles. The van der Waals surface area contributed by atoms with Crippen LogP contribution < -0.4 is 11.3 Å². The van der Waals surface area contributed by atoms with Crippen molar-refractivity contribution in [3.63, 3.8) is 0 Å². The van der Waals surface area contributed by atoms with Crippen LogP contribution in [0, 0.1) is 0 Å². The van der Waals surface area contributed by atoms with Gasteiger partial charge in [0.1, 0.15) is 0 Å². The van der Waals surface area contributed by atoms with Gasteiger partial charge in [0.15, 0.2) is 0 Å². The summed E-state index contributed by atoms with van der Waals surface area (Å²) in [4.78, 5) is 2.43. The Labute approximate surface area is 135 Å². The Morgan fingerprint density at radius 1 is 1.27 bits per heavy atom. The van der Waals surface area contributed by atoms with E-state index in [4.69, 9.17) is 5.84 Å². The van der Waals surface area contributed by atoms with Crippen LogP contribution in [0.2, 0.25) is 0 Å². The van der Waals surface area contributed by atoms with E-state index >= 15 is 0 Å². The Hall–Kier alpha value is -1.16. The van der Waals surface area contributed by atoms with E-state index in [1.54, 1.807) is 11.1 Å². The first-order valence-electron chi connectivity index (χ1n) is 8.62. The smallest absolute Gasteiger partial charge is 0.0281 e. The lowest BCUT2D eigenvalue weighted by atomic mass is 9.80. The van der Waals surface area contributed by atoms with E-state index in [9.17, 15) is 0 Å². The van der Waals surface area contributed by atoms with Gasteiger partial charge in [0, 0.05) is 13.1 Å². The second-order valence-corrected chi connectivity index (χ2v) is 6.48. The zero-order chi connectivity index (χ0) is 15.8. The summed E-state index contributed by atoms with van der Waals surface area (Å²) in [6.45, 7) is 5.27. The van der Waals surface area contributed by atoms with Gasteiger partial charge in [-0.15, -0.1) is 0 Å². The Morgan fingerprint density at radius 3 is 2.68 bits per heavy atom. The highest BCUT2D eigenvalue weighted by atomic mass is 15.2. The van der Waals surface area contributed by atoms with Crippen LogP contribution in [-0.2, 0) is 6.54 Å². The third kappa shape index (κ3) is 4.94. The Bertz CT molecular complexity index is 471. The number of hydrogen-bond acceptors (Lipinski definition) is 3. The summed E-state index contributed by atoms with van der Waals surface area (Å²) in [6.07, 6.45) is 8.44. The first kappa shape index (κ1) is 17.2. The van der Waals surface area contributed by atoms with Crippen molar-refractivity contribution in [3.05, 3.63) is 47.0 Å². The molecule has 0 heterocycles. The van der Waals surface area contributed by atoms with Crippen LogP contribution in [-0.4, -0.2) is 25.0 Å². The van der Waals surface area contributed by atoms with Gasteiger partial charge in [0.05, 0.1) is 0 Å². The third-order valence-corrected chi connectivity index (χ3v) is 4.68. The first-order chi connectivity index (χ1) is 10.7. The molecule has 1 aliphatic rings. The fraction of sp³-hybridized carbons (Fsp3) is 0.579. The molecule has 2 rings (SSSR count). The molecule has 0 aromatic heterocycles. The topological polar surface area (TPSA) is 41.3 Å². The van der Waals surface area contributed by atoms with Gasteiger partial charge >= 0.3 is 0 Å². The third-order valence-electron chi connectivity index (χ3n) is 4.68. The van der Waals surface area contributed by atoms with Crippen LogP contribution in [0.1, 0.15) is 56.1 Å². The highest BCUT2D eigenvalue weighted by molar-refractivity contribution is 5.31. The molecule has 122 valence electrons. The summed E-state index contributed by atoms with van der Waals surface area (Å²) in [6, 6.07) is 9.03. The Balaban J connectivity index is 2.01. The molecular formula is C19H31N3. The fourth-order valence-corrected chi connectivity index (χ4v) is 3.54. The molecule has 0 atom stereocenters. The zero-order valence-corrected chi connectivity index (χ0v) is 14.1. The Morgan fingerprint density at radius 2 is 2.00 bits per heavy atom. The van der Waals surface area contributed by atoms with E-state index < -0.39 is 0 Å². The summed E-state index contributed by atoms with van der Waals surface area (Å²) >= 11 is 0. The van der Waals surface area contributed by atoms with Crippen molar-refractivity contribution in [2.24, 2.45) is 5.84 Å². The Kier molecular flexibility index (Phi) is 7.10. The van der Waals surface area contributed by atoms with Crippen molar-refractivity contribution >= 4 is 0 Å². The normalized spacial score (nSPS) is 18.7. The maximum atomic E-state index is 5.36. The molecule has 0 spiro atoms. The van der Waals surface area contributed by atoms with Crippen molar-refractivity contribution in [2.45, 2.75) is 51.5 Å².